The van der Waals surface area contributed by atoms with E-state index in [2.05, 4.69) is 20.5 Å². The van der Waals surface area contributed by atoms with Gasteiger partial charge < -0.3 is 11.5 Å². The standard InChI is InChI=1S/C40H40N6O6S2/c1-5-23-17-29(18-24(6-2)37(23)43-45-39-33(53(47,48)49)21-27-13-9-11-15-31(27)35(39)41)30-19-25(7-3)38(26(8-4)20-30)44-46-40-34(54(50,51)52)22-28-14-10-12-16-32(28)36(40)42/h9-22H,5-8,41-42H2,1-4H3,(H,47,48,49)(H,50,51,52)/b45-43+,46-44+. The Hall–Kier alpha value is -5.54. The van der Waals surface area contributed by atoms with Crippen molar-refractivity contribution < 1.29 is 25.9 Å². The average molecular weight is 765 g/mol. The molecule has 0 fully saturated rings. The molecule has 0 heterocycles. The van der Waals surface area contributed by atoms with Crippen molar-refractivity contribution in [1.29, 1.82) is 0 Å². The summed E-state index contributed by atoms with van der Waals surface area (Å²) in [6, 6.07) is 24.7. The van der Waals surface area contributed by atoms with Crippen LogP contribution in [0.2, 0.25) is 0 Å². The number of anilines is 2. The third-order valence-electron chi connectivity index (χ3n) is 9.50. The van der Waals surface area contributed by atoms with Crippen LogP contribution in [0.25, 0.3) is 32.7 Å². The molecular weight excluding hydrogens is 725 g/mol. The second-order valence-corrected chi connectivity index (χ2v) is 15.5. The average Bonchev–Trinajstić information content (AvgIpc) is 3.15. The van der Waals surface area contributed by atoms with Crippen molar-refractivity contribution in [3.8, 4) is 11.1 Å². The number of nitrogens with two attached hydrogens (primary N) is 2. The molecule has 6 rings (SSSR count). The highest BCUT2D eigenvalue weighted by molar-refractivity contribution is 7.86. The van der Waals surface area contributed by atoms with E-state index < -0.39 is 30.0 Å². The van der Waals surface area contributed by atoms with Crippen molar-refractivity contribution >= 4 is 75.9 Å². The summed E-state index contributed by atoms with van der Waals surface area (Å²) in [4.78, 5) is -0.854. The minimum Gasteiger partial charge on any atom is -0.396 e. The number of rotatable bonds is 11. The van der Waals surface area contributed by atoms with E-state index in [-0.39, 0.29) is 22.7 Å². The number of nitrogens with zero attached hydrogens (tertiary/aromatic N) is 4. The van der Waals surface area contributed by atoms with E-state index in [1.165, 1.54) is 12.1 Å². The SMILES string of the molecule is CCc1cc(-c2cc(CC)c(/N=N/c3c(S(=O)(=O)O)cc4ccccc4c3N)c(CC)c2)cc(CC)c1/N=N/c1c(S(=O)(=O)O)cc2ccccc2c1N. The van der Waals surface area contributed by atoms with Gasteiger partial charge in [0.25, 0.3) is 20.2 Å². The number of aryl methyl sites for hydroxylation is 4. The molecular formula is C40H40N6O6S2. The van der Waals surface area contributed by atoms with Gasteiger partial charge in [0, 0.05) is 10.8 Å². The highest BCUT2D eigenvalue weighted by Crippen LogP contribution is 2.42. The first-order valence-corrected chi connectivity index (χ1v) is 20.3. The maximum absolute atomic E-state index is 12.4. The molecule has 0 atom stereocenters. The van der Waals surface area contributed by atoms with Crippen LogP contribution in [0.3, 0.4) is 0 Å². The van der Waals surface area contributed by atoms with E-state index >= 15 is 0 Å². The molecule has 6 aromatic carbocycles. The summed E-state index contributed by atoms with van der Waals surface area (Å²) in [5.41, 5.74) is 19.2. The lowest BCUT2D eigenvalue weighted by atomic mass is 9.92. The van der Waals surface area contributed by atoms with Crippen LogP contribution in [-0.2, 0) is 45.9 Å². The predicted octanol–water partition coefficient (Wildman–Crippen LogP) is 10.4. The number of nitrogen functional groups attached to an aromatic ring is 2. The quantitative estimate of drug-likeness (QED) is 0.0565. The third-order valence-corrected chi connectivity index (χ3v) is 11.2. The lowest BCUT2D eigenvalue weighted by molar-refractivity contribution is 0.481. The maximum atomic E-state index is 12.4. The molecule has 0 aliphatic rings. The van der Waals surface area contributed by atoms with E-state index in [0.29, 0.717) is 58.6 Å². The molecule has 0 saturated carbocycles. The van der Waals surface area contributed by atoms with Gasteiger partial charge in [0.15, 0.2) is 0 Å². The van der Waals surface area contributed by atoms with Crippen LogP contribution in [0.1, 0.15) is 49.9 Å². The molecule has 278 valence electrons. The van der Waals surface area contributed by atoms with Gasteiger partial charge in [-0.2, -0.15) is 16.8 Å². The Balaban J connectivity index is 1.45. The fourth-order valence-electron chi connectivity index (χ4n) is 6.66. The van der Waals surface area contributed by atoms with Crippen LogP contribution >= 0.6 is 0 Å². The molecule has 0 amide bonds. The van der Waals surface area contributed by atoms with Crippen LogP contribution in [0.5, 0.6) is 0 Å². The molecule has 6 aromatic rings. The van der Waals surface area contributed by atoms with Gasteiger partial charge in [-0.05, 0) is 106 Å². The molecule has 12 nitrogen and oxygen atoms in total. The van der Waals surface area contributed by atoms with Crippen molar-refractivity contribution in [3.05, 3.63) is 107 Å². The predicted molar refractivity (Wildman–Crippen MR) is 214 cm³/mol. The van der Waals surface area contributed by atoms with E-state index in [9.17, 15) is 25.9 Å². The van der Waals surface area contributed by atoms with Gasteiger partial charge in [0.1, 0.15) is 21.2 Å². The highest BCUT2D eigenvalue weighted by atomic mass is 32.2. The summed E-state index contributed by atoms with van der Waals surface area (Å²) in [5.74, 6) is 0. The van der Waals surface area contributed by atoms with Crippen molar-refractivity contribution in [1.82, 2.24) is 0 Å². The Bertz CT molecular complexity index is 2510. The molecule has 14 heteroatoms. The van der Waals surface area contributed by atoms with Crippen molar-refractivity contribution in [2.24, 2.45) is 20.5 Å². The zero-order valence-corrected chi connectivity index (χ0v) is 31.8. The first-order valence-electron chi connectivity index (χ1n) is 17.4. The van der Waals surface area contributed by atoms with Gasteiger partial charge in [0.2, 0.25) is 0 Å². The van der Waals surface area contributed by atoms with Gasteiger partial charge in [-0.25, -0.2) is 0 Å². The van der Waals surface area contributed by atoms with Gasteiger partial charge in [-0.1, -0.05) is 76.2 Å². The lowest BCUT2D eigenvalue weighted by Crippen LogP contribution is -2.01. The number of benzene rings is 6. The van der Waals surface area contributed by atoms with Gasteiger partial charge >= 0.3 is 0 Å². The zero-order chi connectivity index (χ0) is 38.9. The molecule has 0 radical (unpaired) electrons. The molecule has 0 unspecified atom stereocenters. The summed E-state index contributed by atoms with van der Waals surface area (Å²) < 4.78 is 69.8. The highest BCUT2D eigenvalue weighted by Gasteiger charge is 2.23. The Morgan fingerprint density at radius 1 is 0.481 bits per heavy atom. The second kappa shape index (κ2) is 15.1. The summed E-state index contributed by atoms with van der Waals surface area (Å²) in [6.45, 7) is 7.96. The lowest BCUT2D eigenvalue weighted by Gasteiger charge is -2.16. The molecule has 6 N–H and O–H groups in total. The molecule has 0 aliphatic carbocycles. The Morgan fingerprint density at radius 2 is 0.778 bits per heavy atom. The Kier molecular flexibility index (Phi) is 10.7. The zero-order valence-electron chi connectivity index (χ0n) is 30.2. The summed E-state index contributed by atoms with van der Waals surface area (Å²) in [7, 11) is -9.35. The number of fused-ring (bicyclic) bond motifs is 2. The smallest absolute Gasteiger partial charge is 0.296 e. The third kappa shape index (κ3) is 7.33. The maximum Gasteiger partial charge on any atom is 0.296 e. The number of azo groups is 2. The fraction of sp³-hybridized carbons (Fsp3) is 0.200. The number of hydrogen-bond donors (Lipinski definition) is 4. The van der Waals surface area contributed by atoms with E-state index in [0.717, 1.165) is 33.4 Å². The first kappa shape index (κ1) is 38.2. The van der Waals surface area contributed by atoms with Crippen molar-refractivity contribution in [3.63, 3.8) is 0 Å². The Labute approximate surface area is 314 Å². The fourth-order valence-corrected chi connectivity index (χ4v) is 8.01. The molecule has 0 spiro atoms. The Morgan fingerprint density at radius 3 is 1.07 bits per heavy atom. The van der Waals surface area contributed by atoms with Crippen molar-refractivity contribution in [2.75, 3.05) is 11.5 Å². The van der Waals surface area contributed by atoms with Crippen LogP contribution in [0, 0.1) is 0 Å². The van der Waals surface area contributed by atoms with Gasteiger partial charge in [0.05, 0.1) is 22.7 Å². The van der Waals surface area contributed by atoms with E-state index in [1.54, 1.807) is 48.5 Å². The number of hydrogen-bond acceptors (Lipinski definition) is 10. The molecule has 0 saturated heterocycles. The van der Waals surface area contributed by atoms with Crippen LogP contribution < -0.4 is 11.5 Å². The van der Waals surface area contributed by atoms with Crippen molar-refractivity contribution in [2.45, 2.75) is 63.2 Å². The largest absolute Gasteiger partial charge is 0.396 e. The van der Waals surface area contributed by atoms with Gasteiger partial charge in [-0.3, -0.25) is 9.11 Å². The molecule has 0 aromatic heterocycles. The van der Waals surface area contributed by atoms with E-state index in [1.807, 2.05) is 52.0 Å². The normalized spacial score (nSPS) is 12.5. The summed E-state index contributed by atoms with van der Waals surface area (Å²) in [5, 5.41) is 20.0. The van der Waals surface area contributed by atoms with E-state index in [4.69, 9.17) is 11.5 Å². The van der Waals surface area contributed by atoms with Crippen LogP contribution in [0.15, 0.2) is 115 Å². The molecule has 0 aliphatic heterocycles. The second-order valence-electron chi connectivity index (χ2n) is 12.8. The van der Waals surface area contributed by atoms with Crippen LogP contribution in [0.4, 0.5) is 34.1 Å². The monoisotopic (exact) mass is 764 g/mol. The minimum absolute atomic E-state index is 0.0890. The minimum atomic E-state index is -4.67. The van der Waals surface area contributed by atoms with Crippen LogP contribution in [-0.4, -0.2) is 25.9 Å². The topological polar surface area (TPSA) is 210 Å². The first-order chi connectivity index (χ1) is 25.7. The summed E-state index contributed by atoms with van der Waals surface area (Å²) in [6.07, 6.45) is 2.35. The van der Waals surface area contributed by atoms with Gasteiger partial charge in [-0.15, -0.1) is 20.5 Å². The molecule has 0 bridgehead atoms. The summed E-state index contributed by atoms with van der Waals surface area (Å²) >= 11 is 0. The molecule has 54 heavy (non-hydrogen) atoms.